The van der Waals surface area contributed by atoms with Gasteiger partial charge in [0.1, 0.15) is 11.5 Å². The molecule has 4 heterocycles. The van der Waals surface area contributed by atoms with Crippen molar-refractivity contribution in [3.63, 3.8) is 0 Å². The van der Waals surface area contributed by atoms with Crippen LogP contribution in [-0.2, 0) is 0 Å². The fraction of sp³-hybridized carbons (Fsp3) is 0.393. The Morgan fingerprint density at radius 3 is 2.23 bits per heavy atom. The van der Waals surface area contributed by atoms with Gasteiger partial charge in [0.2, 0.25) is 17.1 Å². The number of hydrogen-bond acceptors (Lipinski definition) is 11. The number of aliphatic imine (C=N–C) groups is 1. The van der Waals surface area contributed by atoms with Gasteiger partial charge in [-0.25, -0.2) is 4.98 Å². The zero-order chi connectivity index (χ0) is 26.6. The molecule has 2 saturated heterocycles. The van der Waals surface area contributed by atoms with Gasteiger partial charge in [-0.2, -0.15) is 15.0 Å². The van der Waals surface area contributed by atoms with Crippen LogP contribution < -0.4 is 14.5 Å². The highest BCUT2D eigenvalue weighted by Gasteiger charge is 2.21. The minimum absolute atomic E-state index is 0.155. The highest BCUT2D eigenvalue weighted by atomic mass is 32.2. The van der Waals surface area contributed by atoms with Crippen LogP contribution in [0.5, 0.6) is 11.5 Å². The number of phenolic OH excluding ortho intramolecular Hbond substituents is 1. The molecule has 2 aromatic carbocycles. The molecular weight excluding hydrogens is 530 g/mol. The molecule has 4 aromatic rings. The number of piperidine rings is 2. The first-order valence-electron chi connectivity index (χ1n) is 13.4. The standard InChI is InChI=1S/C28H31N7O2S2/c1-37-21-9-11-23(36)19(16-21)18-29-20-8-10-22-24(17-20)38-28(30-22)39-27-32-25(34-12-4-2-5-13-34)31-26(33-27)35-14-6-3-7-15-35/h8-11,16-18,36H,2-7,12-15H2,1H3. The van der Waals surface area contributed by atoms with E-state index in [0.29, 0.717) is 16.5 Å². The van der Waals surface area contributed by atoms with Crippen LogP contribution in [0.15, 0.2) is 50.9 Å². The van der Waals surface area contributed by atoms with Crippen molar-refractivity contribution in [2.45, 2.75) is 48.0 Å². The first-order chi connectivity index (χ1) is 19.1. The van der Waals surface area contributed by atoms with Gasteiger partial charge in [-0.05, 0) is 86.7 Å². The Kier molecular flexibility index (Phi) is 7.78. The third-order valence-electron chi connectivity index (χ3n) is 6.99. The number of phenols is 1. The van der Waals surface area contributed by atoms with Gasteiger partial charge in [-0.1, -0.05) is 0 Å². The first kappa shape index (κ1) is 25.8. The monoisotopic (exact) mass is 561 g/mol. The first-order valence-corrected chi connectivity index (χ1v) is 15.0. The molecule has 0 unspecified atom stereocenters. The summed E-state index contributed by atoms with van der Waals surface area (Å²) in [6, 6.07) is 11.0. The van der Waals surface area contributed by atoms with E-state index in [-0.39, 0.29) is 5.75 Å². The summed E-state index contributed by atoms with van der Waals surface area (Å²) in [5.41, 5.74) is 2.29. The van der Waals surface area contributed by atoms with Crippen LogP contribution in [0.3, 0.4) is 0 Å². The molecule has 0 aliphatic carbocycles. The molecule has 11 heteroatoms. The maximum absolute atomic E-state index is 10.1. The molecule has 2 aliphatic heterocycles. The Labute approximate surface area is 236 Å². The summed E-state index contributed by atoms with van der Waals surface area (Å²) in [5, 5.41) is 10.8. The van der Waals surface area contributed by atoms with Crippen LogP contribution >= 0.6 is 23.1 Å². The van der Waals surface area contributed by atoms with Crippen molar-refractivity contribution in [3.05, 3.63) is 42.0 Å². The van der Waals surface area contributed by atoms with Crippen LogP contribution in [0, 0.1) is 0 Å². The number of methoxy groups -OCH3 is 1. The molecule has 39 heavy (non-hydrogen) atoms. The molecule has 0 spiro atoms. The number of benzene rings is 2. The molecule has 0 radical (unpaired) electrons. The fourth-order valence-corrected chi connectivity index (χ4v) is 6.80. The van der Waals surface area contributed by atoms with Gasteiger partial charge < -0.3 is 19.6 Å². The number of ether oxygens (including phenoxy) is 1. The average Bonchev–Trinajstić information content (AvgIpc) is 3.39. The van der Waals surface area contributed by atoms with Crippen molar-refractivity contribution < 1.29 is 9.84 Å². The maximum atomic E-state index is 10.1. The number of thiazole rings is 1. The van der Waals surface area contributed by atoms with Gasteiger partial charge in [0.05, 0.1) is 23.0 Å². The van der Waals surface area contributed by atoms with Crippen LogP contribution in [0.4, 0.5) is 17.6 Å². The smallest absolute Gasteiger partial charge is 0.231 e. The minimum Gasteiger partial charge on any atom is -0.507 e. The summed E-state index contributed by atoms with van der Waals surface area (Å²) >= 11 is 3.10. The number of anilines is 2. The van der Waals surface area contributed by atoms with Crippen LogP contribution in [0.25, 0.3) is 10.2 Å². The SMILES string of the molecule is COc1ccc(O)c(C=Nc2ccc3nc(Sc4nc(N5CCCCC5)nc(N5CCCCC5)n4)sc3c2)c1. The lowest BCUT2D eigenvalue weighted by Gasteiger charge is -2.30. The average molecular weight is 562 g/mol. The highest BCUT2D eigenvalue weighted by molar-refractivity contribution is 8.01. The molecule has 2 aliphatic rings. The second-order valence-electron chi connectivity index (χ2n) is 9.73. The normalized spacial score (nSPS) is 16.3. The predicted molar refractivity (Wildman–Crippen MR) is 158 cm³/mol. The predicted octanol–water partition coefficient (Wildman–Crippen LogP) is 6.08. The molecule has 1 N–H and O–H groups in total. The lowest BCUT2D eigenvalue weighted by Crippen LogP contribution is -2.34. The third-order valence-corrected chi connectivity index (χ3v) is 8.93. The van der Waals surface area contributed by atoms with E-state index in [0.717, 1.165) is 58.3 Å². The van der Waals surface area contributed by atoms with Gasteiger partial charge in [-0.3, -0.25) is 4.99 Å². The lowest BCUT2D eigenvalue weighted by atomic mass is 10.1. The van der Waals surface area contributed by atoms with E-state index in [1.165, 1.54) is 50.3 Å². The molecule has 0 saturated carbocycles. The van der Waals surface area contributed by atoms with Crippen molar-refractivity contribution in [3.8, 4) is 11.5 Å². The minimum atomic E-state index is 0.155. The van der Waals surface area contributed by atoms with E-state index in [9.17, 15) is 5.11 Å². The number of nitrogens with zero attached hydrogens (tertiary/aromatic N) is 7. The Balaban J connectivity index is 1.25. The van der Waals surface area contributed by atoms with Gasteiger partial charge in [0, 0.05) is 38.0 Å². The Morgan fingerprint density at radius 2 is 1.56 bits per heavy atom. The Bertz CT molecular complexity index is 1440. The second-order valence-corrected chi connectivity index (χ2v) is 12.0. The molecule has 0 atom stereocenters. The summed E-state index contributed by atoms with van der Waals surface area (Å²) in [6.07, 6.45) is 8.87. The van der Waals surface area contributed by atoms with Gasteiger partial charge in [0.15, 0.2) is 4.34 Å². The van der Waals surface area contributed by atoms with Crippen molar-refractivity contribution in [2.75, 3.05) is 43.1 Å². The third kappa shape index (κ3) is 6.09. The largest absolute Gasteiger partial charge is 0.507 e. The van der Waals surface area contributed by atoms with Crippen LogP contribution in [0.1, 0.15) is 44.1 Å². The van der Waals surface area contributed by atoms with Gasteiger partial charge in [0.25, 0.3) is 0 Å². The number of fused-ring (bicyclic) bond motifs is 1. The zero-order valence-electron chi connectivity index (χ0n) is 21.9. The van der Waals surface area contributed by atoms with E-state index in [4.69, 9.17) is 24.7 Å². The molecule has 2 fully saturated rings. The molecule has 2 aromatic heterocycles. The molecule has 6 rings (SSSR count). The molecule has 202 valence electrons. The number of rotatable bonds is 7. The van der Waals surface area contributed by atoms with E-state index < -0.39 is 0 Å². The Morgan fingerprint density at radius 1 is 0.872 bits per heavy atom. The lowest BCUT2D eigenvalue weighted by molar-refractivity contribution is 0.412. The summed E-state index contributed by atoms with van der Waals surface area (Å²) in [4.78, 5) is 28.6. The summed E-state index contributed by atoms with van der Waals surface area (Å²) in [5.74, 6) is 2.39. The summed E-state index contributed by atoms with van der Waals surface area (Å²) in [6.45, 7) is 3.97. The van der Waals surface area contributed by atoms with Gasteiger partial charge in [-0.15, -0.1) is 11.3 Å². The topological polar surface area (TPSA) is 99.9 Å². The zero-order valence-corrected chi connectivity index (χ0v) is 23.5. The number of aromatic hydroxyl groups is 1. The van der Waals surface area contributed by atoms with Crippen LogP contribution in [-0.4, -0.2) is 64.5 Å². The maximum Gasteiger partial charge on any atom is 0.231 e. The molecular formula is C28H31N7O2S2. The van der Waals surface area contributed by atoms with Crippen molar-refractivity contribution in [1.82, 2.24) is 19.9 Å². The van der Waals surface area contributed by atoms with E-state index >= 15 is 0 Å². The highest BCUT2D eigenvalue weighted by Crippen LogP contribution is 2.36. The molecule has 0 amide bonds. The van der Waals surface area contributed by atoms with Crippen LogP contribution in [0.2, 0.25) is 0 Å². The summed E-state index contributed by atoms with van der Waals surface area (Å²) in [7, 11) is 1.60. The second kappa shape index (κ2) is 11.7. The molecule has 9 nitrogen and oxygen atoms in total. The van der Waals surface area contributed by atoms with Crippen molar-refractivity contribution in [2.24, 2.45) is 4.99 Å². The summed E-state index contributed by atoms with van der Waals surface area (Å²) < 4.78 is 7.17. The van der Waals surface area contributed by atoms with Crippen molar-refractivity contribution in [1.29, 1.82) is 0 Å². The van der Waals surface area contributed by atoms with E-state index in [2.05, 4.69) is 14.8 Å². The van der Waals surface area contributed by atoms with Gasteiger partial charge >= 0.3 is 0 Å². The van der Waals surface area contributed by atoms with E-state index in [1.54, 1.807) is 42.9 Å². The van der Waals surface area contributed by atoms with Crippen molar-refractivity contribution >= 4 is 57.1 Å². The van der Waals surface area contributed by atoms with E-state index in [1.807, 2.05) is 18.2 Å². The quantitative estimate of drug-likeness (QED) is 0.269. The fourth-order valence-electron chi connectivity index (χ4n) is 4.85. The Hall–Kier alpha value is -3.44. The number of hydrogen-bond donors (Lipinski definition) is 1. The number of aromatic nitrogens is 4. The molecule has 0 bridgehead atoms.